The van der Waals surface area contributed by atoms with Gasteiger partial charge < -0.3 is 19.1 Å². The molecule has 2 fully saturated rings. The van der Waals surface area contributed by atoms with Crippen LogP contribution in [-0.4, -0.2) is 46.8 Å². The van der Waals surface area contributed by atoms with Gasteiger partial charge in [0.15, 0.2) is 11.5 Å². The summed E-state index contributed by atoms with van der Waals surface area (Å²) in [5, 5.41) is 0.0166. The number of fused-ring (bicyclic) bond motifs is 1. The zero-order chi connectivity index (χ0) is 19.7. The summed E-state index contributed by atoms with van der Waals surface area (Å²) in [6.07, 6.45) is 5.64. The molecular weight excluding hydrogens is 378 g/mol. The number of amides is 1. The summed E-state index contributed by atoms with van der Waals surface area (Å²) in [6.45, 7) is 3.84. The Morgan fingerprint density at radius 1 is 1.14 bits per heavy atom. The second kappa shape index (κ2) is 8.23. The Morgan fingerprint density at radius 3 is 2.64 bits per heavy atom. The van der Waals surface area contributed by atoms with Crippen LogP contribution in [0.2, 0.25) is 0 Å². The van der Waals surface area contributed by atoms with Gasteiger partial charge in [-0.3, -0.25) is 4.79 Å². The zero-order valence-electron chi connectivity index (χ0n) is 16.4. The summed E-state index contributed by atoms with van der Waals surface area (Å²) in [5.74, 6) is 1.79. The van der Waals surface area contributed by atoms with Crippen molar-refractivity contribution in [1.29, 1.82) is 0 Å². The molecule has 1 aromatic rings. The number of esters is 1. The Morgan fingerprint density at radius 2 is 1.89 bits per heavy atom. The molecule has 0 N–H and O–H groups in total. The summed E-state index contributed by atoms with van der Waals surface area (Å²) in [6, 6.07) is 4.69. The van der Waals surface area contributed by atoms with Crippen LogP contribution in [-0.2, 0) is 9.53 Å². The Hall–Kier alpha value is -1.89. The van der Waals surface area contributed by atoms with E-state index < -0.39 is 6.04 Å². The number of rotatable bonds is 4. The molecule has 0 bridgehead atoms. The second-order valence-electron chi connectivity index (χ2n) is 7.90. The molecule has 152 valence electrons. The number of thioether (sulfide) groups is 1. The molecule has 1 saturated carbocycles. The predicted molar refractivity (Wildman–Crippen MR) is 107 cm³/mol. The van der Waals surface area contributed by atoms with Gasteiger partial charge in [-0.1, -0.05) is 19.3 Å². The van der Waals surface area contributed by atoms with Gasteiger partial charge in [-0.2, -0.15) is 0 Å². The van der Waals surface area contributed by atoms with E-state index in [-0.39, 0.29) is 30.1 Å². The van der Waals surface area contributed by atoms with Crippen LogP contribution in [0.3, 0.4) is 0 Å². The third kappa shape index (κ3) is 3.81. The van der Waals surface area contributed by atoms with Gasteiger partial charge in [-0.15, -0.1) is 11.8 Å². The highest BCUT2D eigenvalue weighted by Crippen LogP contribution is 2.42. The van der Waals surface area contributed by atoms with Crippen molar-refractivity contribution in [3.63, 3.8) is 0 Å². The number of nitrogens with zero attached hydrogens (tertiary/aromatic N) is 1. The average molecular weight is 406 g/mol. The van der Waals surface area contributed by atoms with Gasteiger partial charge in [0.05, 0.1) is 11.5 Å². The van der Waals surface area contributed by atoms with Crippen LogP contribution >= 0.6 is 11.8 Å². The monoisotopic (exact) mass is 405 g/mol. The van der Waals surface area contributed by atoms with Crippen molar-refractivity contribution in [2.45, 2.75) is 63.5 Å². The Balaban J connectivity index is 1.62. The summed E-state index contributed by atoms with van der Waals surface area (Å²) >= 11 is 1.72. The number of benzene rings is 1. The van der Waals surface area contributed by atoms with Crippen LogP contribution in [0, 0.1) is 5.92 Å². The number of hydrogen-bond acceptors (Lipinski definition) is 6. The molecule has 2 atom stereocenters. The van der Waals surface area contributed by atoms with Crippen LogP contribution in [0.1, 0.15) is 56.3 Å². The molecule has 2 heterocycles. The highest BCUT2D eigenvalue weighted by Gasteiger charge is 2.46. The fourth-order valence-corrected chi connectivity index (χ4v) is 5.86. The van der Waals surface area contributed by atoms with Crippen molar-refractivity contribution in [3.05, 3.63) is 23.8 Å². The van der Waals surface area contributed by atoms with E-state index in [1.54, 1.807) is 34.9 Å². The molecule has 6 nitrogen and oxygen atoms in total. The van der Waals surface area contributed by atoms with E-state index in [1.165, 1.54) is 19.3 Å². The molecular formula is C21H27NO5S. The number of carbonyl (C=O) groups is 2. The molecule has 0 radical (unpaired) electrons. The van der Waals surface area contributed by atoms with Crippen LogP contribution in [0.25, 0.3) is 0 Å². The van der Waals surface area contributed by atoms with Crippen LogP contribution < -0.4 is 9.47 Å². The highest BCUT2D eigenvalue weighted by molar-refractivity contribution is 8.00. The molecule has 2 aliphatic heterocycles. The molecule has 3 aliphatic rings. The molecule has 1 aromatic carbocycles. The molecule has 0 aromatic heterocycles. The first-order chi connectivity index (χ1) is 13.5. The van der Waals surface area contributed by atoms with Gasteiger partial charge in [0, 0.05) is 11.3 Å². The largest absolute Gasteiger partial charge is 0.461 e. The zero-order valence-corrected chi connectivity index (χ0v) is 17.2. The van der Waals surface area contributed by atoms with Gasteiger partial charge in [-0.25, -0.2) is 4.79 Å². The highest BCUT2D eigenvalue weighted by atomic mass is 32.2. The normalized spacial score (nSPS) is 24.6. The van der Waals surface area contributed by atoms with Crippen molar-refractivity contribution < 1.29 is 23.8 Å². The van der Waals surface area contributed by atoms with Crippen LogP contribution in [0.15, 0.2) is 18.2 Å². The van der Waals surface area contributed by atoms with E-state index in [2.05, 4.69) is 0 Å². The van der Waals surface area contributed by atoms with E-state index in [4.69, 9.17) is 14.2 Å². The molecule has 1 saturated heterocycles. The second-order valence-corrected chi connectivity index (χ2v) is 9.05. The summed E-state index contributed by atoms with van der Waals surface area (Å²) in [4.78, 5) is 28.0. The lowest BCUT2D eigenvalue weighted by atomic mass is 9.88. The lowest BCUT2D eigenvalue weighted by Gasteiger charge is -2.35. The van der Waals surface area contributed by atoms with E-state index in [1.807, 2.05) is 13.8 Å². The topological polar surface area (TPSA) is 65.1 Å². The number of ether oxygens (including phenoxy) is 3. The summed E-state index contributed by atoms with van der Waals surface area (Å²) < 4.78 is 16.3. The maximum Gasteiger partial charge on any atom is 0.330 e. The third-order valence-corrected chi connectivity index (χ3v) is 7.03. The van der Waals surface area contributed by atoms with Gasteiger partial charge in [0.25, 0.3) is 5.91 Å². The van der Waals surface area contributed by atoms with E-state index in [0.717, 1.165) is 12.8 Å². The Labute approximate surface area is 169 Å². The van der Waals surface area contributed by atoms with Gasteiger partial charge in [0.2, 0.25) is 6.79 Å². The number of carbonyl (C=O) groups excluding carboxylic acids is 2. The fraction of sp³-hybridized carbons (Fsp3) is 0.619. The van der Waals surface area contributed by atoms with Gasteiger partial charge >= 0.3 is 5.97 Å². The minimum Gasteiger partial charge on any atom is -0.461 e. The molecule has 4 rings (SSSR count). The van der Waals surface area contributed by atoms with Gasteiger partial charge in [0.1, 0.15) is 6.04 Å². The van der Waals surface area contributed by atoms with E-state index in [0.29, 0.717) is 28.7 Å². The molecule has 2 unspecified atom stereocenters. The molecule has 7 heteroatoms. The van der Waals surface area contributed by atoms with Crippen molar-refractivity contribution >= 4 is 23.6 Å². The first-order valence-corrected chi connectivity index (χ1v) is 11.1. The van der Waals surface area contributed by atoms with Crippen molar-refractivity contribution in [1.82, 2.24) is 4.90 Å². The van der Waals surface area contributed by atoms with Gasteiger partial charge in [-0.05, 0) is 50.8 Å². The Bertz CT molecular complexity index is 746. The lowest BCUT2D eigenvalue weighted by Crippen LogP contribution is -2.49. The van der Waals surface area contributed by atoms with E-state index >= 15 is 0 Å². The first-order valence-electron chi connectivity index (χ1n) is 10.1. The SMILES string of the molecule is CC(C)OC(=O)C1CSC(C2CCCCC2)N1C(=O)c1ccc2c(c1)OCO2. The maximum absolute atomic E-state index is 13.5. The maximum atomic E-state index is 13.5. The minimum atomic E-state index is -0.544. The molecule has 1 aliphatic carbocycles. The summed E-state index contributed by atoms with van der Waals surface area (Å²) in [7, 11) is 0. The Kier molecular flexibility index (Phi) is 5.71. The molecule has 0 spiro atoms. The quantitative estimate of drug-likeness (QED) is 0.710. The van der Waals surface area contributed by atoms with Crippen molar-refractivity contribution in [2.75, 3.05) is 12.5 Å². The molecule has 28 heavy (non-hydrogen) atoms. The molecule has 1 amide bonds. The summed E-state index contributed by atoms with van der Waals surface area (Å²) in [5.41, 5.74) is 0.523. The van der Waals surface area contributed by atoms with Crippen LogP contribution in [0.5, 0.6) is 11.5 Å². The average Bonchev–Trinajstić information content (AvgIpc) is 3.34. The minimum absolute atomic E-state index is 0.0166. The van der Waals surface area contributed by atoms with Crippen molar-refractivity contribution in [2.24, 2.45) is 5.92 Å². The van der Waals surface area contributed by atoms with Crippen LogP contribution in [0.4, 0.5) is 0 Å². The lowest BCUT2D eigenvalue weighted by molar-refractivity contribution is -0.152. The third-order valence-electron chi connectivity index (χ3n) is 5.57. The number of hydrogen-bond donors (Lipinski definition) is 0. The first kappa shape index (κ1) is 19.4. The smallest absolute Gasteiger partial charge is 0.330 e. The predicted octanol–water partition coefficient (Wildman–Crippen LogP) is 3.83. The van der Waals surface area contributed by atoms with E-state index in [9.17, 15) is 9.59 Å². The standard InChI is InChI=1S/C21H27NO5S/c1-13(2)27-21(24)16-11-28-20(14-6-4-3-5-7-14)22(16)19(23)15-8-9-17-18(10-15)26-12-25-17/h8-10,13-14,16,20H,3-7,11-12H2,1-2H3. The van der Waals surface area contributed by atoms with Crippen molar-refractivity contribution in [3.8, 4) is 11.5 Å². The fourth-order valence-electron chi connectivity index (χ4n) is 4.24.